The normalized spacial score (nSPS) is 0. The van der Waals surface area contributed by atoms with Crippen molar-refractivity contribution in [3.8, 4) is 0 Å². The van der Waals surface area contributed by atoms with Crippen molar-refractivity contribution in [2.75, 3.05) is 0 Å². The Morgan fingerprint density at radius 2 is 1.00 bits per heavy atom. The van der Waals surface area contributed by atoms with Crippen LogP contribution in [0.5, 0.6) is 0 Å². The van der Waals surface area contributed by atoms with Crippen LogP contribution in [0.4, 0.5) is 0 Å². The van der Waals surface area contributed by atoms with Gasteiger partial charge in [0.15, 0.2) is 0 Å². The SMILES string of the molecule is [GaH3].[MgH+].[OH-].[Zn]. The third-order valence-corrected chi connectivity index (χ3v) is 0. The van der Waals surface area contributed by atoms with Gasteiger partial charge in [-0.2, -0.15) is 0 Å². The van der Waals surface area contributed by atoms with Gasteiger partial charge in [-0.15, -0.1) is 0 Å². The van der Waals surface area contributed by atoms with E-state index < -0.39 is 0 Å². The van der Waals surface area contributed by atoms with E-state index in [4.69, 9.17) is 0 Å². The fraction of sp³-hybridized carbons (Fsp3) is 0. The van der Waals surface area contributed by atoms with Gasteiger partial charge < -0.3 is 5.48 Å². The van der Waals surface area contributed by atoms with Gasteiger partial charge in [0.25, 0.3) is 0 Å². The molecule has 0 unspecified atom stereocenters. The molecule has 0 aliphatic carbocycles. The zero-order chi connectivity index (χ0) is 0. The average Bonchev–Trinajstić information content (AvgIpc) is 0. The Labute approximate surface area is 67.2 Å². The molecule has 1 N–H and O–H groups in total. The average molecular weight is 180 g/mol. The second-order valence-electron chi connectivity index (χ2n) is 0. The quantitative estimate of drug-likeness (QED) is 0.396. The summed E-state index contributed by atoms with van der Waals surface area (Å²) in [6.07, 6.45) is 0. The molecule has 1 nitrogen and oxygen atoms in total. The molecule has 0 aromatic carbocycles. The van der Waals surface area contributed by atoms with Gasteiger partial charge in [0.1, 0.15) is 0 Å². The molecule has 0 heterocycles. The Balaban J connectivity index is 0. The molecular weight excluding hydrogens is 175 g/mol. The molecule has 0 atom stereocenters. The minimum atomic E-state index is 0. The van der Waals surface area contributed by atoms with Crippen molar-refractivity contribution in [3.05, 3.63) is 0 Å². The summed E-state index contributed by atoms with van der Waals surface area (Å²) < 4.78 is 0. The first-order chi connectivity index (χ1) is 0. The predicted octanol–water partition coefficient (Wildman–Crippen LogP) is -2.01. The van der Waals surface area contributed by atoms with Crippen LogP contribution in [-0.2, 0) is 19.5 Å². The summed E-state index contributed by atoms with van der Waals surface area (Å²) in [4.78, 5) is 0. The van der Waals surface area contributed by atoms with E-state index >= 15 is 0 Å². The summed E-state index contributed by atoms with van der Waals surface area (Å²) in [5.41, 5.74) is 0. The van der Waals surface area contributed by atoms with Crippen LogP contribution in [0.1, 0.15) is 0 Å². The topological polar surface area (TPSA) is 30.0 Å². The molecule has 0 spiro atoms. The predicted molar refractivity (Wildman–Crippen MR) is 19.0 cm³/mol. The van der Waals surface area contributed by atoms with Crippen LogP contribution in [0.15, 0.2) is 0 Å². The minimum absolute atomic E-state index is 0. The number of hydrogen-bond acceptors (Lipinski definition) is 1. The number of rotatable bonds is 0. The smallest absolute Gasteiger partial charge is 0 e. The molecule has 4 heteroatoms. The van der Waals surface area contributed by atoms with E-state index in [1.54, 1.807) is 0 Å². The van der Waals surface area contributed by atoms with Crippen LogP contribution in [0.2, 0.25) is 0 Å². The van der Waals surface area contributed by atoms with Crippen LogP contribution >= 0.6 is 0 Å². The summed E-state index contributed by atoms with van der Waals surface area (Å²) in [6.45, 7) is 0. The maximum Gasteiger partial charge on any atom is 0 e. The van der Waals surface area contributed by atoms with Crippen LogP contribution < -0.4 is 0 Å². The van der Waals surface area contributed by atoms with Crippen LogP contribution in [-0.4, -0.2) is 48.3 Å². The molecule has 0 fully saturated rings. The van der Waals surface area contributed by atoms with E-state index in [1.165, 1.54) is 0 Å². The molecule has 0 aliphatic rings. The van der Waals surface area contributed by atoms with Gasteiger partial charge in [-0.1, -0.05) is 0 Å². The second-order valence-corrected chi connectivity index (χ2v) is 0. The van der Waals surface area contributed by atoms with E-state index in [9.17, 15) is 0 Å². The van der Waals surface area contributed by atoms with Crippen molar-refractivity contribution < 1.29 is 25.0 Å². The molecule has 0 bridgehead atoms. The molecule has 0 amide bonds. The van der Waals surface area contributed by atoms with Crippen molar-refractivity contribution in [1.29, 1.82) is 0 Å². The first-order valence-electron chi connectivity index (χ1n) is 0. The Morgan fingerprint density at radius 1 is 1.00 bits per heavy atom. The third-order valence-electron chi connectivity index (χ3n) is 0. The van der Waals surface area contributed by atoms with E-state index in [-0.39, 0.29) is 67.8 Å². The Bertz CT molecular complexity index is 8.00. The third kappa shape index (κ3) is 9.01. The molecule has 0 aliphatic heterocycles. The zero-order valence-electron chi connectivity index (χ0n) is 2.15. The van der Waals surface area contributed by atoms with Crippen LogP contribution in [0, 0.1) is 0 Å². The van der Waals surface area contributed by atoms with Crippen LogP contribution in [0.3, 0.4) is 0 Å². The zero-order valence-corrected chi connectivity index (χ0v) is 7.12. The van der Waals surface area contributed by atoms with E-state index in [2.05, 4.69) is 0 Å². The van der Waals surface area contributed by atoms with E-state index in [0.29, 0.717) is 0 Å². The molecular formula is H5GaMgOZn. The van der Waals surface area contributed by atoms with Gasteiger partial charge in [0, 0.05) is 19.5 Å². The Kier molecular flexibility index (Phi) is 189. The Hall–Kier alpha value is 1.99. The molecule has 4 heavy (non-hydrogen) atoms. The summed E-state index contributed by atoms with van der Waals surface area (Å²) in [6, 6.07) is 0. The number of hydrogen-bond donors (Lipinski definition) is 0. The maximum atomic E-state index is 0. The second kappa shape index (κ2) is 20.1. The van der Waals surface area contributed by atoms with E-state index in [0.717, 1.165) is 0 Å². The summed E-state index contributed by atoms with van der Waals surface area (Å²) >= 11 is 0. The standard InChI is InChI=1S/Ga.Mg.H2O.Zn.4H/h;;1H2;;;;;/q;+1;;;;;;/p-1. The first-order valence-corrected chi connectivity index (χ1v) is 0. The summed E-state index contributed by atoms with van der Waals surface area (Å²) in [5, 5.41) is 0. The van der Waals surface area contributed by atoms with Crippen molar-refractivity contribution in [2.45, 2.75) is 0 Å². The van der Waals surface area contributed by atoms with Gasteiger partial charge in [-0.05, 0) is 0 Å². The molecule has 0 rings (SSSR count). The van der Waals surface area contributed by atoms with Crippen molar-refractivity contribution in [1.82, 2.24) is 0 Å². The van der Waals surface area contributed by atoms with Gasteiger partial charge >= 0.3 is 42.8 Å². The summed E-state index contributed by atoms with van der Waals surface area (Å²) in [5.74, 6) is 0. The molecule has 0 aromatic rings. The monoisotopic (exact) mass is 178 g/mol. The van der Waals surface area contributed by atoms with Gasteiger partial charge in [0.2, 0.25) is 0 Å². The Morgan fingerprint density at radius 3 is 1.00 bits per heavy atom. The fourth-order valence-electron chi connectivity index (χ4n) is 0. The van der Waals surface area contributed by atoms with Crippen molar-refractivity contribution >= 4 is 42.8 Å². The maximum absolute atomic E-state index is 0. The van der Waals surface area contributed by atoms with Crippen LogP contribution in [0.25, 0.3) is 0 Å². The minimum Gasteiger partial charge on any atom is -0.870 e. The van der Waals surface area contributed by atoms with Crippen molar-refractivity contribution in [2.24, 2.45) is 0 Å². The largest absolute Gasteiger partial charge is 0.870 e. The molecule has 18 valence electrons. The molecule has 0 saturated carbocycles. The fourth-order valence-corrected chi connectivity index (χ4v) is 0. The van der Waals surface area contributed by atoms with Gasteiger partial charge in [-0.25, -0.2) is 0 Å². The molecule has 0 saturated heterocycles. The van der Waals surface area contributed by atoms with Gasteiger partial charge in [-0.3, -0.25) is 0 Å². The first kappa shape index (κ1) is 37.7. The van der Waals surface area contributed by atoms with Gasteiger partial charge in [0.05, 0.1) is 0 Å². The molecule has 0 aromatic heterocycles. The van der Waals surface area contributed by atoms with Crippen molar-refractivity contribution in [3.63, 3.8) is 0 Å². The van der Waals surface area contributed by atoms with E-state index in [1.807, 2.05) is 0 Å². The summed E-state index contributed by atoms with van der Waals surface area (Å²) in [7, 11) is 0. The molecule has 0 radical (unpaired) electrons.